The van der Waals surface area contributed by atoms with E-state index in [0.29, 0.717) is 0 Å². The number of aryl methyl sites for hydroxylation is 2. The predicted molar refractivity (Wildman–Crippen MR) is 65.4 cm³/mol. The van der Waals surface area contributed by atoms with Crippen molar-refractivity contribution in [3.8, 4) is 0 Å². The molecule has 0 saturated carbocycles. The van der Waals surface area contributed by atoms with Gasteiger partial charge in [0.25, 0.3) is 0 Å². The molecule has 0 amide bonds. The zero-order chi connectivity index (χ0) is 11.2. The van der Waals surface area contributed by atoms with Crippen LogP contribution in [0, 0.1) is 6.92 Å². The van der Waals surface area contributed by atoms with Crippen molar-refractivity contribution in [2.45, 2.75) is 26.4 Å². The summed E-state index contributed by atoms with van der Waals surface area (Å²) >= 11 is 1.71. The molecule has 0 atom stereocenters. The molecule has 5 heteroatoms. The Balaban J connectivity index is 1.59. The Hall–Kier alpha value is -1.20. The van der Waals surface area contributed by atoms with Crippen LogP contribution in [0.1, 0.15) is 17.1 Å². The van der Waals surface area contributed by atoms with Gasteiger partial charge >= 0.3 is 0 Å². The van der Waals surface area contributed by atoms with E-state index in [1.165, 1.54) is 0 Å². The molecule has 0 aliphatic heterocycles. The Morgan fingerprint density at radius 2 is 2.44 bits per heavy atom. The molecule has 0 bridgehead atoms. The largest absolute Gasteiger partial charge is 0.310 e. The molecule has 0 saturated heterocycles. The second-order valence-electron chi connectivity index (χ2n) is 3.68. The average molecular weight is 236 g/mol. The van der Waals surface area contributed by atoms with E-state index in [0.717, 1.165) is 36.8 Å². The zero-order valence-corrected chi connectivity index (χ0v) is 10.2. The maximum Gasteiger partial charge on any atom is 0.107 e. The summed E-state index contributed by atoms with van der Waals surface area (Å²) in [4.78, 5) is 4.40. The highest BCUT2D eigenvalue weighted by Crippen LogP contribution is 2.07. The molecule has 0 aliphatic carbocycles. The molecule has 0 unspecified atom stereocenters. The lowest BCUT2D eigenvalue weighted by Crippen LogP contribution is -2.16. The predicted octanol–water partition coefficient (Wildman–Crippen LogP) is 1.83. The van der Waals surface area contributed by atoms with E-state index in [1.807, 2.05) is 30.1 Å². The number of hydrogen-bond donors (Lipinski definition) is 1. The van der Waals surface area contributed by atoms with Gasteiger partial charge in [-0.15, -0.1) is 11.3 Å². The van der Waals surface area contributed by atoms with Crippen LogP contribution in [0.2, 0.25) is 0 Å². The van der Waals surface area contributed by atoms with Gasteiger partial charge in [-0.3, -0.25) is 4.68 Å². The molecule has 0 aromatic carbocycles. The van der Waals surface area contributed by atoms with E-state index >= 15 is 0 Å². The summed E-state index contributed by atoms with van der Waals surface area (Å²) in [6, 6.07) is 1.95. The summed E-state index contributed by atoms with van der Waals surface area (Å²) in [6.45, 7) is 4.87. The lowest BCUT2D eigenvalue weighted by molar-refractivity contribution is 0.543. The minimum atomic E-state index is 0.873. The van der Waals surface area contributed by atoms with E-state index in [2.05, 4.69) is 20.8 Å². The van der Waals surface area contributed by atoms with Crippen LogP contribution < -0.4 is 5.32 Å². The van der Waals surface area contributed by atoms with Gasteiger partial charge in [0.05, 0.1) is 0 Å². The Bertz CT molecular complexity index is 407. The second-order valence-corrected chi connectivity index (χ2v) is 4.62. The third-order valence-electron chi connectivity index (χ3n) is 2.24. The summed E-state index contributed by atoms with van der Waals surface area (Å²) in [5.74, 6) is 0. The van der Waals surface area contributed by atoms with Crippen LogP contribution in [0.5, 0.6) is 0 Å². The van der Waals surface area contributed by atoms with Crippen molar-refractivity contribution in [1.29, 1.82) is 0 Å². The molecule has 4 nitrogen and oxygen atoms in total. The fourth-order valence-corrected chi connectivity index (χ4v) is 2.22. The van der Waals surface area contributed by atoms with Crippen LogP contribution in [0.25, 0.3) is 0 Å². The van der Waals surface area contributed by atoms with Gasteiger partial charge in [0.2, 0.25) is 0 Å². The SMILES string of the molecule is Cc1csc(CNCCCn2cccn2)n1. The lowest BCUT2D eigenvalue weighted by atomic mass is 10.4. The lowest BCUT2D eigenvalue weighted by Gasteiger charge is -2.02. The summed E-state index contributed by atoms with van der Waals surface area (Å²) in [5, 5.41) is 10.8. The maximum atomic E-state index is 4.40. The molecular formula is C11H16N4S. The Labute approximate surface area is 99.3 Å². The quantitative estimate of drug-likeness (QED) is 0.778. The number of thiazole rings is 1. The van der Waals surface area contributed by atoms with E-state index in [-0.39, 0.29) is 0 Å². The third kappa shape index (κ3) is 3.43. The first kappa shape index (κ1) is 11.3. The first-order valence-corrected chi connectivity index (χ1v) is 6.32. The van der Waals surface area contributed by atoms with Crippen LogP contribution in [0.3, 0.4) is 0 Å². The first-order valence-electron chi connectivity index (χ1n) is 5.44. The number of aromatic nitrogens is 3. The minimum Gasteiger partial charge on any atom is -0.310 e. The third-order valence-corrected chi connectivity index (χ3v) is 3.21. The molecule has 2 aromatic heterocycles. The highest BCUT2D eigenvalue weighted by atomic mass is 32.1. The highest BCUT2D eigenvalue weighted by molar-refractivity contribution is 7.09. The zero-order valence-electron chi connectivity index (χ0n) is 9.39. The van der Waals surface area contributed by atoms with Gasteiger partial charge < -0.3 is 5.32 Å². The molecule has 0 aliphatic rings. The normalized spacial score (nSPS) is 10.8. The average Bonchev–Trinajstić information content (AvgIpc) is 2.89. The number of rotatable bonds is 6. The van der Waals surface area contributed by atoms with Crippen LogP contribution in [0.4, 0.5) is 0 Å². The molecular weight excluding hydrogens is 220 g/mol. The van der Waals surface area contributed by atoms with Crippen LogP contribution in [-0.2, 0) is 13.1 Å². The topological polar surface area (TPSA) is 42.7 Å². The summed E-state index contributed by atoms with van der Waals surface area (Å²) in [6.07, 6.45) is 4.89. The molecule has 86 valence electrons. The van der Waals surface area contributed by atoms with Crippen molar-refractivity contribution in [3.63, 3.8) is 0 Å². The Morgan fingerprint density at radius 3 is 3.12 bits per heavy atom. The number of nitrogens with one attached hydrogen (secondary N) is 1. The molecule has 0 spiro atoms. The summed E-state index contributed by atoms with van der Waals surface area (Å²) < 4.78 is 1.95. The van der Waals surface area contributed by atoms with Crippen LogP contribution >= 0.6 is 11.3 Å². The number of nitrogens with zero attached hydrogens (tertiary/aromatic N) is 3. The van der Waals surface area contributed by atoms with Gasteiger partial charge in [0, 0.05) is 36.6 Å². The Morgan fingerprint density at radius 1 is 1.50 bits per heavy atom. The molecule has 16 heavy (non-hydrogen) atoms. The monoisotopic (exact) mass is 236 g/mol. The molecule has 2 aromatic rings. The fraction of sp³-hybridized carbons (Fsp3) is 0.455. The van der Waals surface area contributed by atoms with Gasteiger partial charge in [-0.1, -0.05) is 0 Å². The van der Waals surface area contributed by atoms with Gasteiger partial charge in [0.1, 0.15) is 5.01 Å². The molecule has 1 N–H and O–H groups in total. The van der Waals surface area contributed by atoms with Gasteiger partial charge in [-0.25, -0.2) is 4.98 Å². The smallest absolute Gasteiger partial charge is 0.107 e. The van der Waals surface area contributed by atoms with Gasteiger partial charge in [0.15, 0.2) is 0 Å². The van der Waals surface area contributed by atoms with Crippen molar-refractivity contribution in [2.24, 2.45) is 0 Å². The van der Waals surface area contributed by atoms with E-state index in [9.17, 15) is 0 Å². The van der Waals surface area contributed by atoms with Crippen LogP contribution in [0.15, 0.2) is 23.8 Å². The van der Waals surface area contributed by atoms with Crippen LogP contribution in [-0.4, -0.2) is 21.3 Å². The highest BCUT2D eigenvalue weighted by Gasteiger charge is 1.97. The van der Waals surface area contributed by atoms with Gasteiger partial charge in [-0.05, 0) is 26.0 Å². The van der Waals surface area contributed by atoms with Crippen molar-refractivity contribution in [3.05, 3.63) is 34.5 Å². The molecule has 0 fully saturated rings. The fourth-order valence-electron chi connectivity index (χ4n) is 1.48. The molecule has 2 heterocycles. The van der Waals surface area contributed by atoms with E-state index in [4.69, 9.17) is 0 Å². The standard InChI is InChI=1S/C11H16N4S/c1-10-9-16-11(14-10)8-12-4-2-6-15-7-3-5-13-15/h3,5,7,9,12H,2,4,6,8H2,1H3. The molecule has 0 radical (unpaired) electrons. The van der Waals surface area contributed by atoms with E-state index in [1.54, 1.807) is 11.3 Å². The summed E-state index contributed by atoms with van der Waals surface area (Å²) in [5.41, 5.74) is 1.11. The number of hydrogen-bond acceptors (Lipinski definition) is 4. The van der Waals surface area contributed by atoms with Crippen molar-refractivity contribution >= 4 is 11.3 Å². The first-order chi connectivity index (χ1) is 7.84. The van der Waals surface area contributed by atoms with Crippen molar-refractivity contribution < 1.29 is 0 Å². The molecule has 2 rings (SSSR count). The Kier molecular flexibility index (Phi) is 4.07. The van der Waals surface area contributed by atoms with Gasteiger partial charge in [-0.2, -0.15) is 5.10 Å². The van der Waals surface area contributed by atoms with Crippen molar-refractivity contribution in [2.75, 3.05) is 6.54 Å². The summed E-state index contributed by atoms with van der Waals surface area (Å²) in [7, 11) is 0. The maximum absolute atomic E-state index is 4.40. The van der Waals surface area contributed by atoms with E-state index < -0.39 is 0 Å². The minimum absolute atomic E-state index is 0.873. The van der Waals surface area contributed by atoms with Crippen molar-refractivity contribution in [1.82, 2.24) is 20.1 Å². The second kappa shape index (κ2) is 5.77.